The summed E-state index contributed by atoms with van der Waals surface area (Å²) in [6, 6.07) is 15.3. The van der Waals surface area contributed by atoms with Crippen molar-refractivity contribution >= 4 is 22.8 Å². The molecule has 3 aromatic rings. The Morgan fingerprint density at radius 1 is 1.03 bits per heavy atom. The zero-order chi connectivity index (χ0) is 20.8. The summed E-state index contributed by atoms with van der Waals surface area (Å²) in [5.41, 5.74) is 3.56. The lowest BCUT2D eigenvalue weighted by Crippen LogP contribution is -2.34. The molecule has 0 fully saturated rings. The zero-order valence-corrected chi connectivity index (χ0v) is 17.3. The summed E-state index contributed by atoms with van der Waals surface area (Å²) in [5, 5.41) is 2.95. The van der Waals surface area contributed by atoms with E-state index in [0.29, 0.717) is 31.6 Å². The van der Waals surface area contributed by atoms with Crippen molar-refractivity contribution < 1.29 is 9.59 Å². The van der Waals surface area contributed by atoms with E-state index in [1.54, 1.807) is 0 Å². The van der Waals surface area contributed by atoms with Gasteiger partial charge in [-0.2, -0.15) is 0 Å². The van der Waals surface area contributed by atoms with Gasteiger partial charge in [-0.3, -0.25) is 9.59 Å². The number of aryl methyl sites for hydroxylation is 1. The van der Waals surface area contributed by atoms with Crippen LogP contribution in [0.5, 0.6) is 0 Å². The fourth-order valence-corrected chi connectivity index (χ4v) is 3.40. The van der Waals surface area contributed by atoms with Crippen LogP contribution in [0.1, 0.15) is 35.6 Å². The van der Waals surface area contributed by atoms with Gasteiger partial charge < -0.3 is 14.8 Å². The van der Waals surface area contributed by atoms with Crippen molar-refractivity contribution in [3.63, 3.8) is 0 Å². The Hall–Kier alpha value is -3.15. The third-order valence-corrected chi connectivity index (χ3v) is 5.09. The largest absolute Gasteiger partial charge is 0.352 e. The lowest BCUT2D eigenvalue weighted by molar-refractivity contribution is -0.131. The molecule has 0 saturated carbocycles. The first-order valence-electron chi connectivity index (χ1n) is 10.1. The smallest absolute Gasteiger partial charge is 0.251 e. The number of nitrogens with zero attached hydrogens (tertiary/aromatic N) is 3. The van der Waals surface area contributed by atoms with E-state index in [2.05, 4.69) is 5.32 Å². The molecule has 0 radical (unpaired) electrons. The van der Waals surface area contributed by atoms with E-state index in [0.717, 1.165) is 22.4 Å². The minimum atomic E-state index is -0.105. The number of hydrogen-bond acceptors (Lipinski definition) is 3. The van der Waals surface area contributed by atoms with Crippen molar-refractivity contribution in [1.29, 1.82) is 0 Å². The zero-order valence-electron chi connectivity index (χ0n) is 17.3. The van der Waals surface area contributed by atoms with Crippen molar-refractivity contribution in [3.05, 3.63) is 65.5 Å². The molecule has 1 aromatic heterocycles. The molecule has 6 nitrogen and oxygen atoms in total. The van der Waals surface area contributed by atoms with Crippen LogP contribution in [-0.4, -0.2) is 45.9 Å². The van der Waals surface area contributed by atoms with Crippen molar-refractivity contribution in [2.75, 3.05) is 19.6 Å². The predicted octanol–water partition coefficient (Wildman–Crippen LogP) is 3.19. The molecule has 1 heterocycles. The second-order valence-electron chi connectivity index (χ2n) is 7.04. The number of nitrogens with one attached hydrogen (secondary N) is 1. The number of benzene rings is 2. The molecule has 2 aromatic carbocycles. The number of para-hydroxylation sites is 2. The summed E-state index contributed by atoms with van der Waals surface area (Å²) in [6.45, 7) is 8.03. The van der Waals surface area contributed by atoms with Gasteiger partial charge in [-0.05, 0) is 45.0 Å². The van der Waals surface area contributed by atoms with Crippen molar-refractivity contribution in [2.45, 2.75) is 33.7 Å². The quantitative estimate of drug-likeness (QED) is 0.640. The van der Waals surface area contributed by atoms with Gasteiger partial charge >= 0.3 is 0 Å². The van der Waals surface area contributed by atoms with Gasteiger partial charge in [0, 0.05) is 31.6 Å². The third-order valence-electron chi connectivity index (χ3n) is 5.09. The lowest BCUT2D eigenvalue weighted by atomic mass is 10.1. The first-order valence-corrected chi connectivity index (χ1v) is 10.1. The van der Waals surface area contributed by atoms with E-state index in [9.17, 15) is 9.59 Å². The second kappa shape index (κ2) is 9.37. The monoisotopic (exact) mass is 392 g/mol. The van der Waals surface area contributed by atoms with E-state index in [-0.39, 0.29) is 18.4 Å². The number of fused-ring (bicyclic) bond motifs is 1. The Kier molecular flexibility index (Phi) is 6.65. The van der Waals surface area contributed by atoms with E-state index in [1.165, 1.54) is 0 Å². The van der Waals surface area contributed by atoms with Crippen LogP contribution in [0.4, 0.5) is 0 Å². The standard InChI is InChI=1S/C23H28N4O2/c1-4-26(5-2)22(28)16-27-20-9-7-6-8-19(20)25-21(27)14-15-24-23(29)18-12-10-17(3)11-13-18/h6-13H,4-5,14-16H2,1-3H3,(H,24,29). The number of likely N-dealkylation sites (N-methyl/N-ethyl adjacent to an activating group) is 1. The predicted molar refractivity (Wildman–Crippen MR) is 115 cm³/mol. The topological polar surface area (TPSA) is 67.2 Å². The Morgan fingerprint density at radius 3 is 2.41 bits per heavy atom. The van der Waals surface area contributed by atoms with E-state index in [1.807, 2.05) is 78.8 Å². The molecule has 0 unspecified atom stereocenters. The number of carbonyl (C=O) groups excluding carboxylic acids is 2. The van der Waals surface area contributed by atoms with Crippen molar-refractivity contribution in [1.82, 2.24) is 19.8 Å². The van der Waals surface area contributed by atoms with Crippen LogP contribution in [0, 0.1) is 6.92 Å². The Balaban J connectivity index is 1.73. The molecule has 3 rings (SSSR count). The Morgan fingerprint density at radius 2 is 1.72 bits per heavy atom. The van der Waals surface area contributed by atoms with Crippen molar-refractivity contribution in [3.8, 4) is 0 Å². The van der Waals surface area contributed by atoms with Gasteiger partial charge in [0.2, 0.25) is 5.91 Å². The summed E-state index contributed by atoms with van der Waals surface area (Å²) in [5.74, 6) is 0.769. The summed E-state index contributed by atoms with van der Waals surface area (Å²) in [6.07, 6.45) is 0.553. The molecule has 6 heteroatoms. The molecular formula is C23H28N4O2. The average Bonchev–Trinajstić information content (AvgIpc) is 3.07. The fraction of sp³-hybridized carbons (Fsp3) is 0.348. The summed E-state index contributed by atoms with van der Waals surface area (Å²) >= 11 is 0. The van der Waals surface area contributed by atoms with Gasteiger partial charge in [-0.1, -0.05) is 29.8 Å². The SMILES string of the molecule is CCN(CC)C(=O)Cn1c(CCNC(=O)c2ccc(C)cc2)nc2ccccc21. The molecule has 1 N–H and O–H groups in total. The molecule has 0 aliphatic rings. The minimum Gasteiger partial charge on any atom is -0.352 e. The maximum Gasteiger partial charge on any atom is 0.251 e. The van der Waals surface area contributed by atoms with Gasteiger partial charge in [0.1, 0.15) is 12.4 Å². The fourth-order valence-electron chi connectivity index (χ4n) is 3.40. The molecular weight excluding hydrogens is 364 g/mol. The highest BCUT2D eigenvalue weighted by Gasteiger charge is 2.16. The first kappa shape index (κ1) is 20.6. The molecule has 2 amide bonds. The van der Waals surface area contributed by atoms with Gasteiger partial charge in [0.15, 0.2) is 0 Å². The van der Waals surface area contributed by atoms with Gasteiger partial charge in [0.05, 0.1) is 11.0 Å². The summed E-state index contributed by atoms with van der Waals surface area (Å²) < 4.78 is 1.97. The maximum atomic E-state index is 12.7. The summed E-state index contributed by atoms with van der Waals surface area (Å²) in [4.78, 5) is 31.5. The van der Waals surface area contributed by atoms with Crippen LogP contribution in [-0.2, 0) is 17.8 Å². The highest BCUT2D eigenvalue weighted by Crippen LogP contribution is 2.17. The van der Waals surface area contributed by atoms with Crippen molar-refractivity contribution in [2.24, 2.45) is 0 Å². The molecule has 152 valence electrons. The Labute approximate surface area is 171 Å². The van der Waals surface area contributed by atoms with Crippen LogP contribution < -0.4 is 5.32 Å². The molecule has 0 atom stereocenters. The van der Waals surface area contributed by atoms with Crippen LogP contribution in [0.25, 0.3) is 11.0 Å². The first-order chi connectivity index (χ1) is 14.0. The maximum absolute atomic E-state index is 12.7. The molecule has 29 heavy (non-hydrogen) atoms. The van der Waals surface area contributed by atoms with Crippen LogP contribution in [0.3, 0.4) is 0 Å². The van der Waals surface area contributed by atoms with Crippen LogP contribution in [0.15, 0.2) is 48.5 Å². The number of imidazole rings is 1. The number of hydrogen-bond donors (Lipinski definition) is 1. The number of amides is 2. The van der Waals surface area contributed by atoms with Crippen LogP contribution >= 0.6 is 0 Å². The highest BCUT2D eigenvalue weighted by atomic mass is 16.2. The molecule has 0 aliphatic heterocycles. The molecule has 0 spiro atoms. The lowest BCUT2D eigenvalue weighted by Gasteiger charge is -2.20. The molecule has 0 aliphatic carbocycles. The molecule has 0 saturated heterocycles. The second-order valence-corrected chi connectivity index (χ2v) is 7.04. The van der Waals surface area contributed by atoms with Gasteiger partial charge in [0.25, 0.3) is 5.91 Å². The summed E-state index contributed by atoms with van der Waals surface area (Å²) in [7, 11) is 0. The van der Waals surface area contributed by atoms with E-state index in [4.69, 9.17) is 4.98 Å². The third kappa shape index (κ3) is 4.83. The van der Waals surface area contributed by atoms with Gasteiger partial charge in [-0.15, -0.1) is 0 Å². The Bertz CT molecular complexity index is 988. The minimum absolute atomic E-state index is 0.0723. The van der Waals surface area contributed by atoms with E-state index < -0.39 is 0 Å². The highest BCUT2D eigenvalue weighted by molar-refractivity contribution is 5.94. The van der Waals surface area contributed by atoms with E-state index >= 15 is 0 Å². The molecule has 0 bridgehead atoms. The normalized spacial score (nSPS) is 10.9. The van der Waals surface area contributed by atoms with Crippen LogP contribution in [0.2, 0.25) is 0 Å². The number of rotatable bonds is 8. The number of carbonyl (C=O) groups is 2. The average molecular weight is 393 g/mol. The number of aromatic nitrogens is 2. The van der Waals surface area contributed by atoms with Gasteiger partial charge in [-0.25, -0.2) is 4.98 Å².